The Balaban J connectivity index is 3.91. The van der Waals surface area contributed by atoms with Gasteiger partial charge < -0.3 is 20.3 Å². The Kier molecular flexibility index (Phi) is 7.35. The van der Waals surface area contributed by atoms with E-state index in [9.17, 15) is 9.59 Å². The Morgan fingerprint density at radius 2 is 1.89 bits per heavy atom. The summed E-state index contributed by atoms with van der Waals surface area (Å²) >= 11 is 0. The van der Waals surface area contributed by atoms with Crippen LogP contribution < -0.4 is 5.32 Å². The lowest BCUT2D eigenvalue weighted by molar-refractivity contribution is -0.138. The number of carbonyl (C=O) groups excluding carboxylic acids is 1. The average Bonchev–Trinajstić information content (AvgIpc) is 2.13. The Labute approximate surface area is 107 Å². The van der Waals surface area contributed by atoms with Crippen molar-refractivity contribution in [2.45, 2.75) is 45.6 Å². The number of ether oxygens (including phenoxy) is 1. The maximum absolute atomic E-state index is 11.3. The monoisotopic (exact) mass is 261 g/mol. The molecule has 0 aromatic carbocycles. The number of aliphatic hydroxyl groups is 1. The largest absolute Gasteiger partial charge is 0.481 e. The van der Waals surface area contributed by atoms with Crippen LogP contribution in [0.4, 0.5) is 4.79 Å². The molecule has 0 aromatic heterocycles. The van der Waals surface area contributed by atoms with Gasteiger partial charge in [-0.3, -0.25) is 4.79 Å². The fourth-order valence-corrected chi connectivity index (χ4v) is 1.47. The molecule has 0 radical (unpaired) electrons. The van der Waals surface area contributed by atoms with Gasteiger partial charge in [0.2, 0.25) is 0 Å². The minimum absolute atomic E-state index is 0.00341. The van der Waals surface area contributed by atoms with Crippen LogP contribution in [0.25, 0.3) is 0 Å². The predicted molar refractivity (Wildman–Crippen MR) is 66.3 cm³/mol. The first-order valence-electron chi connectivity index (χ1n) is 6.04. The highest BCUT2D eigenvalue weighted by molar-refractivity contribution is 5.68. The molecule has 0 aliphatic rings. The summed E-state index contributed by atoms with van der Waals surface area (Å²) in [7, 11) is 0. The molecule has 6 heteroatoms. The molecule has 0 aliphatic heterocycles. The summed E-state index contributed by atoms with van der Waals surface area (Å²) in [6.07, 6.45) is 0.408. The zero-order valence-corrected chi connectivity index (χ0v) is 11.2. The van der Waals surface area contributed by atoms with Gasteiger partial charge in [-0.1, -0.05) is 0 Å². The molecule has 18 heavy (non-hydrogen) atoms. The quantitative estimate of drug-likeness (QED) is 0.643. The number of amides is 1. The number of rotatable bonds is 7. The van der Waals surface area contributed by atoms with E-state index < -0.39 is 17.7 Å². The molecular weight excluding hydrogens is 238 g/mol. The van der Waals surface area contributed by atoms with Gasteiger partial charge in [-0.2, -0.15) is 0 Å². The molecule has 1 amide bonds. The summed E-state index contributed by atoms with van der Waals surface area (Å²) < 4.78 is 5.04. The van der Waals surface area contributed by atoms with Crippen molar-refractivity contribution in [3.8, 4) is 0 Å². The van der Waals surface area contributed by atoms with Crippen LogP contribution in [0.2, 0.25) is 0 Å². The van der Waals surface area contributed by atoms with Gasteiger partial charge in [-0.05, 0) is 39.5 Å². The number of carboxylic acids is 1. The van der Waals surface area contributed by atoms with E-state index in [2.05, 4.69) is 5.32 Å². The van der Waals surface area contributed by atoms with Crippen molar-refractivity contribution in [2.75, 3.05) is 13.2 Å². The second kappa shape index (κ2) is 7.92. The number of nitrogens with one attached hydrogen (secondary N) is 1. The lowest BCUT2D eigenvalue weighted by atomic mass is 9.98. The van der Waals surface area contributed by atoms with Crippen molar-refractivity contribution in [1.82, 2.24) is 5.32 Å². The number of hydrogen-bond acceptors (Lipinski definition) is 4. The predicted octanol–water partition coefficient (Wildman–Crippen LogP) is 1.37. The Morgan fingerprint density at radius 3 is 2.33 bits per heavy atom. The van der Waals surface area contributed by atoms with Gasteiger partial charge in [-0.15, -0.1) is 0 Å². The minimum atomic E-state index is -0.897. The first-order valence-corrected chi connectivity index (χ1v) is 6.04. The summed E-state index contributed by atoms with van der Waals surface area (Å²) in [4.78, 5) is 21.9. The second-order valence-corrected chi connectivity index (χ2v) is 5.19. The van der Waals surface area contributed by atoms with Gasteiger partial charge in [0.05, 0.1) is 0 Å². The smallest absolute Gasteiger partial charge is 0.407 e. The third kappa shape index (κ3) is 9.89. The summed E-state index contributed by atoms with van der Waals surface area (Å²) in [6, 6.07) is 0. The number of alkyl carbamates (subject to hydrolysis) is 1. The molecule has 0 fully saturated rings. The van der Waals surface area contributed by atoms with Crippen LogP contribution in [-0.4, -0.2) is 41.0 Å². The molecule has 0 saturated carbocycles. The molecule has 3 N–H and O–H groups in total. The standard InChI is InChI=1S/C12H23NO5/c1-12(2,3)18-11(17)13-6-4-9(5-7-14)8-10(15)16/h9,14H,4-8H2,1-3H3,(H,13,17)(H,15,16). The van der Waals surface area contributed by atoms with Crippen LogP contribution in [-0.2, 0) is 9.53 Å². The van der Waals surface area contributed by atoms with Crippen LogP contribution in [0.1, 0.15) is 40.0 Å². The number of aliphatic hydroxyl groups excluding tert-OH is 1. The van der Waals surface area contributed by atoms with E-state index in [0.717, 1.165) is 0 Å². The molecule has 1 unspecified atom stereocenters. The van der Waals surface area contributed by atoms with E-state index in [1.165, 1.54) is 0 Å². The van der Waals surface area contributed by atoms with Crippen LogP contribution in [0, 0.1) is 5.92 Å². The van der Waals surface area contributed by atoms with E-state index in [0.29, 0.717) is 19.4 Å². The number of carbonyl (C=O) groups is 2. The lowest BCUT2D eigenvalue weighted by Crippen LogP contribution is -2.33. The van der Waals surface area contributed by atoms with Crippen LogP contribution in [0.3, 0.4) is 0 Å². The van der Waals surface area contributed by atoms with Crippen LogP contribution in [0.15, 0.2) is 0 Å². The van der Waals surface area contributed by atoms with Crippen LogP contribution in [0.5, 0.6) is 0 Å². The molecular formula is C12H23NO5. The van der Waals surface area contributed by atoms with Gasteiger partial charge in [0.15, 0.2) is 0 Å². The summed E-state index contributed by atoms with van der Waals surface area (Å²) in [6.45, 7) is 5.60. The van der Waals surface area contributed by atoms with E-state index in [1.54, 1.807) is 20.8 Å². The highest BCUT2D eigenvalue weighted by Gasteiger charge is 2.17. The highest BCUT2D eigenvalue weighted by Crippen LogP contribution is 2.12. The molecule has 0 heterocycles. The molecule has 0 saturated heterocycles. The van der Waals surface area contributed by atoms with Gasteiger partial charge in [0.25, 0.3) is 0 Å². The van der Waals surface area contributed by atoms with Crippen molar-refractivity contribution >= 4 is 12.1 Å². The maximum Gasteiger partial charge on any atom is 0.407 e. The Morgan fingerprint density at radius 1 is 1.28 bits per heavy atom. The molecule has 106 valence electrons. The van der Waals surface area contributed by atoms with E-state index in [1.807, 2.05) is 0 Å². The third-order valence-electron chi connectivity index (χ3n) is 2.22. The molecule has 0 bridgehead atoms. The number of hydrogen-bond donors (Lipinski definition) is 3. The molecule has 0 aliphatic carbocycles. The second-order valence-electron chi connectivity index (χ2n) is 5.19. The van der Waals surface area contributed by atoms with E-state index in [4.69, 9.17) is 14.9 Å². The lowest BCUT2D eigenvalue weighted by Gasteiger charge is -2.20. The molecule has 0 rings (SSSR count). The van der Waals surface area contributed by atoms with Gasteiger partial charge in [0.1, 0.15) is 5.60 Å². The molecule has 6 nitrogen and oxygen atoms in total. The Hall–Kier alpha value is -1.30. The summed E-state index contributed by atoms with van der Waals surface area (Å²) in [5.74, 6) is -1.03. The van der Waals surface area contributed by atoms with Crippen molar-refractivity contribution in [3.05, 3.63) is 0 Å². The van der Waals surface area contributed by atoms with Crippen molar-refractivity contribution in [2.24, 2.45) is 5.92 Å². The summed E-state index contributed by atoms with van der Waals surface area (Å²) in [5.41, 5.74) is -0.546. The van der Waals surface area contributed by atoms with Crippen molar-refractivity contribution in [1.29, 1.82) is 0 Å². The zero-order valence-electron chi connectivity index (χ0n) is 11.2. The average molecular weight is 261 g/mol. The number of aliphatic carboxylic acids is 1. The van der Waals surface area contributed by atoms with E-state index in [-0.39, 0.29) is 18.9 Å². The van der Waals surface area contributed by atoms with Gasteiger partial charge >= 0.3 is 12.1 Å². The topological polar surface area (TPSA) is 95.9 Å². The van der Waals surface area contributed by atoms with Gasteiger partial charge in [0, 0.05) is 19.6 Å². The first-order chi connectivity index (χ1) is 8.24. The third-order valence-corrected chi connectivity index (χ3v) is 2.22. The highest BCUT2D eigenvalue weighted by atomic mass is 16.6. The summed E-state index contributed by atoms with van der Waals surface area (Å²) in [5, 5.41) is 20.0. The van der Waals surface area contributed by atoms with Crippen LogP contribution >= 0.6 is 0 Å². The Bertz CT molecular complexity index is 272. The van der Waals surface area contributed by atoms with E-state index >= 15 is 0 Å². The molecule has 1 atom stereocenters. The zero-order chi connectivity index (χ0) is 14.2. The first kappa shape index (κ1) is 16.7. The van der Waals surface area contributed by atoms with Crippen molar-refractivity contribution in [3.63, 3.8) is 0 Å². The van der Waals surface area contributed by atoms with Crippen molar-refractivity contribution < 1.29 is 24.5 Å². The molecule has 0 spiro atoms. The number of carboxylic acid groups (broad SMARTS) is 1. The fraction of sp³-hybridized carbons (Fsp3) is 0.833. The normalized spacial score (nSPS) is 12.9. The fourth-order valence-electron chi connectivity index (χ4n) is 1.47. The molecule has 0 aromatic rings. The SMILES string of the molecule is CC(C)(C)OC(=O)NCCC(CCO)CC(=O)O. The minimum Gasteiger partial charge on any atom is -0.481 e. The maximum atomic E-state index is 11.3. The van der Waals surface area contributed by atoms with Gasteiger partial charge in [-0.25, -0.2) is 4.79 Å².